The van der Waals surface area contributed by atoms with Crippen molar-refractivity contribution in [2.24, 2.45) is 5.92 Å². The molecule has 1 aromatic rings. The van der Waals surface area contributed by atoms with Crippen LogP contribution in [0.1, 0.15) is 29.9 Å². The zero-order chi connectivity index (χ0) is 12.1. The maximum Gasteiger partial charge on any atom is 0.326 e. The van der Waals surface area contributed by atoms with Gasteiger partial charge in [-0.3, -0.25) is 4.79 Å². The molecule has 0 saturated heterocycles. The number of carbonyl (C=O) groups is 2. The maximum absolute atomic E-state index is 11.6. The maximum atomic E-state index is 11.6. The van der Waals surface area contributed by atoms with Gasteiger partial charge in [-0.15, -0.1) is 23.7 Å². The lowest BCUT2D eigenvalue weighted by Crippen LogP contribution is -2.41. The molecule has 0 bridgehead atoms. The van der Waals surface area contributed by atoms with Crippen molar-refractivity contribution in [3.05, 3.63) is 22.4 Å². The van der Waals surface area contributed by atoms with Gasteiger partial charge in [-0.2, -0.15) is 0 Å². The van der Waals surface area contributed by atoms with E-state index in [1.54, 1.807) is 17.5 Å². The van der Waals surface area contributed by atoms with Gasteiger partial charge >= 0.3 is 5.97 Å². The Kier molecular flexibility index (Phi) is 6.83. The summed E-state index contributed by atoms with van der Waals surface area (Å²) in [6.07, 6.45) is 0.437. The van der Waals surface area contributed by atoms with Crippen molar-refractivity contribution in [2.45, 2.75) is 26.3 Å². The number of nitrogens with one attached hydrogen (secondary N) is 1. The molecule has 2 N–H and O–H groups in total. The Morgan fingerprint density at radius 3 is 2.53 bits per heavy atom. The highest BCUT2D eigenvalue weighted by Gasteiger charge is 2.21. The van der Waals surface area contributed by atoms with Crippen LogP contribution in [0.3, 0.4) is 0 Å². The van der Waals surface area contributed by atoms with Crippen molar-refractivity contribution < 1.29 is 14.7 Å². The molecule has 1 amide bonds. The van der Waals surface area contributed by atoms with Crippen LogP contribution in [0.15, 0.2) is 17.5 Å². The quantitative estimate of drug-likeness (QED) is 0.868. The summed E-state index contributed by atoms with van der Waals surface area (Å²) >= 11 is 1.30. The topological polar surface area (TPSA) is 66.4 Å². The molecular weight excluding hydrogens is 262 g/mol. The Labute approximate surface area is 110 Å². The summed E-state index contributed by atoms with van der Waals surface area (Å²) in [6, 6.07) is 2.63. The van der Waals surface area contributed by atoms with Crippen molar-refractivity contribution in [1.82, 2.24) is 5.32 Å². The molecule has 0 spiro atoms. The van der Waals surface area contributed by atoms with E-state index in [2.05, 4.69) is 5.32 Å². The summed E-state index contributed by atoms with van der Waals surface area (Å²) in [5.74, 6) is -1.08. The zero-order valence-electron chi connectivity index (χ0n) is 9.67. The van der Waals surface area contributed by atoms with Crippen LogP contribution in [-0.4, -0.2) is 23.0 Å². The molecule has 1 atom stereocenters. The Balaban J connectivity index is 0.00000256. The van der Waals surface area contributed by atoms with Gasteiger partial charge in [0.25, 0.3) is 5.91 Å². The second kappa shape index (κ2) is 7.29. The second-order valence-corrected chi connectivity index (χ2v) is 4.92. The predicted octanol–water partition coefficient (Wildman–Crippen LogP) is 2.40. The van der Waals surface area contributed by atoms with Gasteiger partial charge in [0.05, 0.1) is 4.88 Å². The van der Waals surface area contributed by atoms with E-state index in [-0.39, 0.29) is 24.2 Å². The number of carboxylic acid groups (broad SMARTS) is 1. The van der Waals surface area contributed by atoms with E-state index in [0.717, 1.165) is 0 Å². The number of thiophene rings is 1. The van der Waals surface area contributed by atoms with Gasteiger partial charge in [0, 0.05) is 0 Å². The fourth-order valence-electron chi connectivity index (χ4n) is 1.33. The number of aliphatic carboxylic acids is 1. The summed E-state index contributed by atoms with van der Waals surface area (Å²) in [6.45, 7) is 3.85. The largest absolute Gasteiger partial charge is 0.480 e. The summed E-state index contributed by atoms with van der Waals surface area (Å²) in [7, 11) is 0. The molecule has 1 heterocycles. The van der Waals surface area contributed by atoms with Crippen LogP contribution in [0.5, 0.6) is 0 Å². The molecular formula is C11H16ClNO3S. The third-order valence-corrected chi connectivity index (χ3v) is 2.92. The molecule has 0 aliphatic heterocycles. The third kappa shape index (κ3) is 5.19. The summed E-state index contributed by atoms with van der Waals surface area (Å²) < 4.78 is 0. The predicted molar refractivity (Wildman–Crippen MR) is 69.9 cm³/mol. The van der Waals surface area contributed by atoms with Crippen LogP contribution in [0.25, 0.3) is 0 Å². The van der Waals surface area contributed by atoms with E-state index in [4.69, 9.17) is 5.11 Å². The van der Waals surface area contributed by atoms with Crippen molar-refractivity contribution in [2.75, 3.05) is 0 Å². The lowest BCUT2D eigenvalue weighted by atomic mass is 10.0. The van der Waals surface area contributed by atoms with E-state index >= 15 is 0 Å². The first-order valence-corrected chi connectivity index (χ1v) is 5.96. The first kappa shape index (κ1) is 15.9. The minimum atomic E-state index is -0.987. The van der Waals surface area contributed by atoms with Gasteiger partial charge in [-0.1, -0.05) is 19.9 Å². The van der Waals surface area contributed by atoms with Gasteiger partial charge in [0.1, 0.15) is 6.04 Å². The summed E-state index contributed by atoms with van der Waals surface area (Å²) in [5, 5.41) is 13.3. The van der Waals surface area contributed by atoms with Crippen LogP contribution < -0.4 is 5.32 Å². The number of rotatable bonds is 5. The molecule has 1 rings (SSSR count). The normalized spacial score (nSPS) is 11.7. The number of amides is 1. The van der Waals surface area contributed by atoms with Crippen LogP contribution in [0, 0.1) is 5.92 Å². The SMILES string of the molecule is CC(C)CC(NC(=O)c1cccs1)C(=O)O.Cl. The van der Waals surface area contributed by atoms with E-state index in [9.17, 15) is 9.59 Å². The van der Waals surface area contributed by atoms with E-state index < -0.39 is 12.0 Å². The summed E-state index contributed by atoms with van der Waals surface area (Å²) in [5.41, 5.74) is 0. The van der Waals surface area contributed by atoms with E-state index in [0.29, 0.717) is 11.3 Å². The highest BCUT2D eigenvalue weighted by Crippen LogP contribution is 2.10. The van der Waals surface area contributed by atoms with Gasteiger partial charge in [0.15, 0.2) is 0 Å². The van der Waals surface area contributed by atoms with Gasteiger partial charge in [-0.05, 0) is 23.8 Å². The average Bonchev–Trinajstić information content (AvgIpc) is 2.68. The molecule has 96 valence electrons. The van der Waals surface area contributed by atoms with Crippen LogP contribution in [0.2, 0.25) is 0 Å². The lowest BCUT2D eigenvalue weighted by molar-refractivity contribution is -0.139. The highest BCUT2D eigenvalue weighted by molar-refractivity contribution is 7.12. The minimum Gasteiger partial charge on any atom is -0.480 e. The molecule has 1 aromatic heterocycles. The second-order valence-electron chi connectivity index (χ2n) is 3.97. The minimum absolute atomic E-state index is 0. The van der Waals surface area contributed by atoms with Crippen molar-refractivity contribution in [1.29, 1.82) is 0 Å². The fraction of sp³-hybridized carbons (Fsp3) is 0.455. The lowest BCUT2D eigenvalue weighted by Gasteiger charge is -2.15. The van der Waals surface area contributed by atoms with Gasteiger partial charge < -0.3 is 10.4 Å². The first-order chi connectivity index (χ1) is 7.50. The number of halogens is 1. The van der Waals surface area contributed by atoms with E-state index in [1.807, 2.05) is 13.8 Å². The molecule has 17 heavy (non-hydrogen) atoms. The van der Waals surface area contributed by atoms with Gasteiger partial charge in [-0.25, -0.2) is 4.79 Å². The number of carboxylic acids is 1. The van der Waals surface area contributed by atoms with E-state index in [1.165, 1.54) is 11.3 Å². The fourth-order valence-corrected chi connectivity index (χ4v) is 1.96. The number of hydrogen-bond donors (Lipinski definition) is 2. The van der Waals surface area contributed by atoms with Crippen molar-refractivity contribution >= 4 is 35.6 Å². The molecule has 0 radical (unpaired) electrons. The molecule has 0 aliphatic carbocycles. The third-order valence-electron chi connectivity index (χ3n) is 2.06. The highest BCUT2D eigenvalue weighted by atomic mass is 35.5. The van der Waals surface area contributed by atoms with Crippen molar-refractivity contribution in [3.63, 3.8) is 0 Å². The standard InChI is InChI=1S/C11H15NO3S.ClH/c1-7(2)6-8(11(14)15)12-10(13)9-4-3-5-16-9;/h3-5,7-8H,6H2,1-2H3,(H,12,13)(H,14,15);1H. The van der Waals surface area contributed by atoms with Crippen molar-refractivity contribution in [3.8, 4) is 0 Å². The first-order valence-electron chi connectivity index (χ1n) is 5.08. The van der Waals surface area contributed by atoms with Crippen LogP contribution in [-0.2, 0) is 4.79 Å². The molecule has 4 nitrogen and oxygen atoms in total. The Morgan fingerprint density at radius 1 is 1.47 bits per heavy atom. The van der Waals surface area contributed by atoms with Gasteiger partial charge in [0.2, 0.25) is 0 Å². The van der Waals surface area contributed by atoms with Crippen LogP contribution >= 0.6 is 23.7 Å². The molecule has 1 unspecified atom stereocenters. The average molecular weight is 278 g/mol. The molecule has 0 aliphatic rings. The number of hydrogen-bond acceptors (Lipinski definition) is 3. The monoisotopic (exact) mass is 277 g/mol. The Morgan fingerprint density at radius 2 is 2.12 bits per heavy atom. The zero-order valence-corrected chi connectivity index (χ0v) is 11.3. The molecule has 6 heteroatoms. The Bertz CT molecular complexity index is 365. The molecule has 0 aromatic carbocycles. The molecule has 0 fully saturated rings. The Hall–Kier alpha value is -1.07. The smallest absolute Gasteiger partial charge is 0.326 e. The molecule has 0 saturated carbocycles. The number of carbonyl (C=O) groups excluding carboxylic acids is 1. The van der Waals surface area contributed by atoms with Crippen LogP contribution in [0.4, 0.5) is 0 Å². The summed E-state index contributed by atoms with van der Waals surface area (Å²) in [4.78, 5) is 23.1.